The van der Waals surface area contributed by atoms with Crippen molar-refractivity contribution < 1.29 is 4.74 Å². The van der Waals surface area contributed by atoms with E-state index in [9.17, 15) is 0 Å². The van der Waals surface area contributed by atoms with Gasteiger partial charge in [-0.1, -0.05) is 99.6 Å². The van der Waals surface area contributed by atoms with Crippen LogP contribution >= 0.6 is 8.58 Å². The van der Waals surface area contributed by atoms with E-state index in [1.54, 1.807) is 0 Å². The van der Waals surface area contributed by atoms with Crippen LogP contribution in [0.25, 0.3) is 0 Å². The zero-order chi connectivity index (χ0) is 23.0. The van der Waals surface area contributed by atoms with Gasteiger partial charge in [0.25, 0.3) is 0 Å². The Kier molecular flexibility index (Phi) is 8.15. The van der Waals surface area contributed by atoms with Gasteiger partial charge in [-0.05, 0) is 67.3 Å². The molecule has 170 valence electrons. The van der Waals surface area contributed by atoms with E-state index in [1.165, 1.54) is 32.9 Å². The predicted molar refractivity (Wildman–Crippen MR) is 143 cm³/mol. The summed E-state index contributed by atoms with van der Waals surface area (Å²) in [6.45, 7) is 3.77. The summed E-state index contributed by atoms with van der Waals surface area (Å²) in [6, 6.07) is 23.9. The molecule has 0 fully saturated rings. The minimum atomic E-state index is 0.524. The smallest absolute Gasteiger partial charge is 0.130 e. The molecule has 3 heteroatoms. The fraction of sp³-hybridized carbons (Fsp3) is 0.267. The Morgan fingerprint density at radius 1 is 0.909 bits per heavy atom. The van der Waals surface area contributed by atoms with Crippen LogP contribution < -0.4 is 15.3 Å². The number of ether oxygens (including phenoxy) is 1. The largest absolute Gasteiger partial charge is 0.488 e. The van der Waals surface area contributed by atoms with E-state index >= 15 is 0 Å². The average molecular weight is 456 g/mol. The van der Waals surface area contributed by atoms with Gasteiger partial charge in [-0.2, -0.15) is 0 Å². The second-order valence-electron chi connectivity index (χ2n) is 9.05. The molecule has 3 aromatic carbocycles. The van der Waals surface area contributed by atoms with Gasteiger partial charge in [0.15, 0.2) is 0 Å². The molecular weight excluding hydrogens is 421 g/mol. The molecule has 0 saturated carbocycles. The number of hydrogen-bond donors (Lipinski definition) is 0. The van der Waals surface area contributed by atoms with Crippen LogP contribution in [0.5, 0.6) is 5.75 Å². The molecule has 0 N–H and O–H groups in total. The maximum atomic E-state index is 6.58. The fourth-order valence-electron chi connectivity index (χ4n) is 4.32. The zero-order valence-electron chi connectivity index (χ0n) is 19.9. The number of nitrogens with zero attached hydrogens (tertiary/aromatic N) is 1. The quantitative estimate of drug-likeness (QED) is 0.370. The Balaban J connectivity index is 1.67. The molecule has 0 heterocycles. The van der Waals surface area contributed by atoms with Crippen LogP contribution in [0.15, 0.2) is 91.0 Å². The molecule has 1 aliphatic rings. The number of hydrogen-bond acceptors (Lipinski definition) is 2. The Labute approximate surface area is 200 Å². The molecule has 2 nitrogen and oxygen atoms in total. The summed E-state index contributed by atoms with van der Waals surface area (Å²) < 4.78 is 6.58. The van der Waals surface area contributed by atoms with Gasteiger partial charge in [0.05, 0.1) is 0 Å². The van der Waals surface area contributed by atoms with Crippen molar-refractivity contribution >= 4 is 19.2 Å². The summed E-state index contributed by atoms with van der Waals surface area (Å²) in [5.74, 6) is 1.59. The van der Waals surface area contributed by atoms with Gasteiger partial charge in [0.1, 0.15) is 12.4 Å². The molecule has 2 atom stereocenters. The van der Waals surface area contributed by atoms with E-state index < -0.39 is 0 Å². The molecular formula is C30H34NOP. The molecule has 0 radical (unpaired) electrons. The van der Waals surface area contributed by atoms with Crippen molar-refractivity contribution in [3.8, 4) is 5.75 Å². The van der Waals surface area contributed by atoms with Gasteiger partial charge in [-0.25, -0.2) is 0 Å². The van der Waals surface area contributed by atoms with Crippen molar-refractivity contribution in [2.24, 2.45) is 5.92 Å². The summed E-state index contributed by atoms with van der Waals surface area (Å²) in [6.07, 6.45) is 11.0. The topological polar surface area (TPSA) is 12.5 Å². The predicted octanol–water partition coefficient (Wildman–Crippen LogP) is 5.94. The lowest BCUT2D eigenvalue weighted by Crippen LogP contribution is -2.20. The number of benzene rings is 3. The number of allylic oxidation sites excluding steroid dienone is 4. The van der Waals surface area contributed by atoms with E-state index in [0.717, 1.165) is 25.1 Å². The zero-order valence-corrected chi connectivity index (χ0v) is 20.9. The highest BCUT2D eigenvalue weighted by atomic mass is 31.1. The van der Waals surface area contributed by atoms with Crippen LogP contribution in [0.1, 0.15) is 28.7 Å². The highest BCUT2D eigenvalue weighted by Crippen LogP contribution is 2.30. The van der Waals surface area contributed by atoms with E-state index in [2.05, 4.69) is 117 Å². The molecule has 0 spiro atoms. The maximum Gasteiger partial charge on any atom is 0.130 e. The molecule has 4 rings (SSSR count). The van der Waals surface area contributed by atoms with Gasteiger partial charge >= 0.3 is 0 Å². The monoisotopic (exact) mass is 455 g/mol. The van der Waals surface area contributed by atoms with Gasteiger partial charge in [-0.15, -0.1) is 0 Å². The van der Waals surface area contributed by atoms with E-state index in [4.69, 9.17) is 4.74 Å². The van der Waals surface area contributed by atoms with Gasteiger partial charge in [0, 0.05) is 11.8 Å². The van der Waals surface area contributed by atoms with Crippen LogP contribution in [0, 0.1) is 12.8 Å². The average Bonchev–Trinajstić information content (AvgIpc) is 2.82. The van der Waals surface area contributed by atoms with Crippen LogP contribution in [-0.2, 0) is 19.6 Å². The first-order valence-electron chi connectivity index (χ1n) is 11.7. The van der Waals surface area contributed by atoms with Crippen molar-refractivity contribution in [2.75, 3.05) is 14.1 Å². The Bertz CT molecular complexity index is 1120. The van der Waals surface area contributed by atoms with Crippen molar-refractivity contribution in [3.05, 3.63) is 113 Å². The van der Waals surface area contributed by atoms with E-state index in [1.807, 2.05) is 0 Å². The van der Waals surface area contributed by atoms with Crippen LogP contribution in [0.3, 0.4) is 0 Å². The summed E-state index contributed by atoms with van der Waals surface area (Å²) in [5, 5.41) is 2.74. The van der Waals surface area contributed by atoms with Crippen molar-refractivity contribution in [3.63, 3.8) is 0 Å². The van der Waals surface area contributed by atoms with Crippen molar-refractivity contribution in [1.82, 2.24) is 4.90 Å². The Morgan fingerprint density at radius 3 is 2.45 bits per heavy atom. The molecule has 0 amide bonds. The van der Waals surface area contributed by atoms with Gasteiger partial charge in [0.2, 0.25) is 0 Å². The van der Waals surface area contributed by atoms with Crippen LogP contribution in [-0.4, -0.2) is 19.0 Å². The molecule has 0 bridgehead atoms. The lowest BCUT2D eigenvalue weighted by atomic mass is 9.93. The number of para-hydroxylation sites is 1. The molecule has 0 saturated heterocycles. The number of aryl methyl sites for hydroxylation is 1. The Morgan fingerprint density at radius 2 is 1.70 bits per heavy atom. The van der Waals surface area contributed by atoms with Crippen LogP contribution in [0.4, 0.5) is 0 Å². The fourth-order valence-corrected chi connectivity index (χ4v) is 5.72. The summed E-state index contributed by atoms with van der Waals surface area (Å²) in [5.41, 5.74) is 5.26. The van der Waals surface area contributed by atoms with E-state index in [0.29, 0.717) is 21.1 Å². The molecule has 33 heavy (non-hydrogen) atoms. The molecule has 0 aliphatic heterocycles. The molecule has 3 aromatic rings. The maximum absolute atomic E-state index is 6.58. The third-order valence-electron chi connectivity index (χ3n) is 5.98. The highest BCUT2D eigenvalue weighted by Gasteiger charge is 2.17. The first-order valence-corrected chi connectivity index (χ1v) is 12.7. The summed E-state index contributed by atoms with van der Waals surface area (Å²) >= 11 is 0. The molecule has 0 aromatic heterocycles. The van der Waals surface area contributed by atoms with Crippen LogP contribution in [0.2, 0.25) is 0 Å². The van der Waals surface area contributed by atoms with Gasteiger partial charge in [-0.3, -0.25) is 0 Å². The minimum absolute atomic E-state index is 0.524. The minimum Gasteiger partial charge on any atom is -0.488 e. The highest BCUT2D eigenvalue weighted by molar-refractivity contribution is 7.56. The number of rotatable bonds is 9. The van der Waals surface area contributed by atoms with Crippen molar-refractivity contribution in [1.29, 1.82) is 0 Å². The summed E-state index contributed by atoms with van der Waals surface area (Å²) in [7, 11) is 4.84. The van der Waals surface area contributed by atoms with Crippen molar-refractivity contribution in [2.45, 2.75) is 32.9 Å². The van der Waals surface area contributed by atoms with E-state index in [-0.39, 0.29) is 0 Å². The van der Waals surface area contributed by atoms with Gasteiger partial charge < -0.3 is 9.64 Å². The Hall–Kier alpha value is -2.67. The standard InChI is InChI=1S/C30H34NOP/c1-23-12-10-18-27(21-31(2)3)30(23)33-28-19-11-17-26(20-24-13-6-4-7-14-24)29(28)32-22-25-15-8-5-9-16-25/h4-13,15-19,24,33H,14,20-22H2,1-3H3. The second-order valence-corrected chi connectivity index (χ2v) is 10.3. The summed E-state index contributed by atoms with van der Waals surface area (Å²) in [4.78, 5) is 2.24. The second kappa shape index (κ2) is 11.5. The normalized spacial score (nSPS) is 15.6. The lowest BCUT2D eigenvalue weighted by Gasteiger charge is -2.21. The first kappa shape index (κ1) is 23.5. The third-order valence-corrected chi connectivity index (χ3v) is 7.61. The molecule has 1 aliphatic carbocycles. The molecule has 2 unspecified atom stereocenters. The lowest BCUT2D eigenvalue weighted by molar-refractivity contribution is 0.304. The third kappa shape index (κ3) is 6.44. The first-order chi connectivity index (χ1) is 16.1. The SMILES string of the molecule is Cc1cccc(CN(C)C)c1Pc1cccc(CC2C=CC=CC2)c1OCc1ccccc1.